The lowest BCUT2D eigenvalue weighted by atomic mass is 10.1. The molecule has 1 aliphatic carbocycles. The SMILES string of the molecule is CCCCN(c1ccc(Br)cc1CNC(C)(C)C)C1CC1. The molecular formula is C18H29BrN2. The highest BCUT2D eigenvalue weighted by Gasteiger charge is 2.30. The van der Waals surface area contributed by atoms with Crippen LogP contribution in [-0.4, -0.2) is 18.1 Å². The van der Waals surface area contributed by atoms with Crippen LogP contribution in [0.4, 0.5) is 5.69 Å². The van der Waals surface area contributed by atoms with E-state index in [1.165, 1.54) is 48.0 Å². The van der Waals surface area contributed by atoms with E-state index in [4.69, 9.17) is 0 Å². The average molecular weight is 353 g/mol. The molecule has 1 saturated carbocycles. The minimum absolute atomic E-state index is 0.146. The van der Waals surface area contributed by atoms with Crippen LogP contribution in [0.5, 0.6) is 0 Å². The largest absolute Gasteiger partial charge is 0.368 e. The van der Waals surface area contributed by atoms with Crippen molar-refractivity contribution in [3.8, 4) is 0 Å². The Balaban J connectivity index is 2.19. The monoisotopic (exact) mass is 352 g/mol. The van der Waals surface area contributed by atoms with Gasteiger partial charge in [0.1, 0.15) is 0 Å². The molecule has 1 fully saturated rings. The molecule has 1 N–H and O–H groups in total. The van der Waals surface area contributed by atoms with Gasteiger partial charge in [0.15, 0.2) is 0 Å². The van der Waals surface area contributed by atoms with Crippen LogP contribution in [0.2, 0.25) is 0 Å². The molecule has 0 unspecified atom stereocenters. The number of hydrogen-bond donors (Lipinski definition) is 1. The normalized spacial score (nSPS) is 15.3. The molecule has 1 aromatic carbocycles. The predicted molar refractivity (Wildman–Crippen MR) is 96.0 cm³/mol. The average Bonchev–Trinajstić information content (AvgIpc) is 3.22. The van der Waals surface area contributed by atoms with Gasteiger partial charge in [-0.15, -0.1) is 0 Å². The Hall–Kier alpha value is -0.540. The van der Waals surface area contributed by atoms with Crippen molar-refractivity contribution in [2.24, 2.45) is 0 Å². The van der Waals surface area contributed by atoms with Crippen molar-refractivity contribution in [1.29, 1.82) is 0 Å². The van der Waals surface area contributed by atoms with E-state index in [9.17, 15) is 0 Å². The van der Waals surface area contributed by atoms with Gasteiger partial charge in [-0.1, -0.05) is 29.3 Å². The number of nitrogens with one attached hydrogen (secondary N) is 1. The molecule has 0 heterocycles. The zero-order chi connectivity index (χ0) is 15.5. The summed E-state index contributed by atoms with van der Waals surface area (Å²) in [5, 5.41) is 3.63. The molecule has 1 aromatic rings. The molecule has 2 nitrogen and oxygen atoms in total. The highest BCUT2D eigenvalue weighted by atomic mass is 79.9. The maximum atomic E-state index is 3.63. The van der Waals surface area contributed by atoms with Crippen molar-refractivity contribution in [3.63, 3.8) is 0 Å². The zero-order valence-corrected chi connectivity index (χ0v) is 15.5. The van der Waals surface area contributed by atoms with Crippen molar-refractivity contribution >= 4 is 21.6 Å². The van der Waals surface area contributed by atoms with E-state index in [0.717, 1.165) is 12.6 Å². The van der Waals surface area contributed by atoms with E-state index < -0.39 is 0 Å². The van der Waals surface area contributed by atoms with Crippen molar-refractivity contribution in [2.75, 3.05) is 11.4 Å². The van der Waals surface area contributed by atoms with E-state index in [1.807, 2.05) is 0 Å². The van der Waals surface area contributed by atoms with E-state index in [-0.39, 0.29) is 5.54 Å². The first kappa shape index (κ1) is 16.8. The fourth-order valence-corrected chi connectivity index (χ4v) is 2.96. The number of halogens is 1. The maximum Gasteiger partial charge on any atom is 0.0415 e. The molecule has 0 aromatic heterocycles. The third-order valence-electron chi connectivity index (χ3n) is 3.90. The van der Waals surface area contributed by atoms with Crippen LogP contribution in [0.15, 0.2) is 22.7 Å². The number of hydrogen-bond acceptors (Lipinski definition) is 2. The first-order chi connectivity index (χ1) is 9.90. The molecule has 21 heavy (non-hydrogen) atoms. The summed E-state index contributed by atoms with van der Waals surface area (Å²) in [6.07, 6.45) is 5.24. The second-order valence-electron chi connectivity index (χ2n) is 7.15. The molecule has 118 valence electrons. The van der Waals surface area contributed by atoms with E-state index >= 15 is 0 Å². The third kappa shape index (κ3) is 5.30. The van der Waals surface area contributed by atoms with Gasteiger partial charge in [0.25, 0.3) is 0 Å². The second-order valence-corrected chi connectivity index (χ2v) is 8.07. The van der Waals surface area contributed by atoms with Gasteiger partial charge in [-0.05, 0) is 63.8 Å². The number of nitrogens with zero attached hydrogens (tertiary/aromatic N) is 1. The molecule has 0 bridgehead atoms. The Morgan fingerprint density at radius 1 is 1.29 bits per heavy atom. The summed E-state index contributed by atoms with van der Waals surface area (Å²) < 4.78 is 1.17. The third-order valence-corrected chi connectivity index (χ3v) is 4.39. The van der Waals surface area contributed by atoms with Crippen LogP contribution in [0.1, 0.15) is 58.9 Å². The lowest BCUT2D eigenvalue weighted by molar-refractivity contribution is 0.424. The zero-order valence-electron chi connectivity index (χ0n) is 13.9. The van der Waals surface area contributed by atoms with Crippen LogP contribution < -0.4 is 10.2 Å². The van der Waals surface area contributed by atoms with Crippen LogP contribution in [0.25, 0.3) is 0 Å². The lowest BCUT2D eigenvalue weighted by Gasteiger charge is -2.29. The van der Waals surface area contributed by atoms with Gasteiger partial charge >= 0.3 is 0 Å². The number of unbranched alkanes of at least 4 members (excludes halogenated alkanes) is 1. The van der Waals surface area contributed by atoms with Crippen LogP contribution in [0.3, 0.4) is 0 Å². The van der Waals surface area contributed by atoms with E-state index in [2.05, 4.69) is 72.0 Å². The minimum atomic E-state index is 0.146. The standard InChI is InChI=1S/C18H29BrN2/c1-5-6-11-21(16-8-9-16)17-10-7-15(19)12-14(17)13-20-18(2,3)4/h7,10,12,16,20H,5-6,8-9,11,13H2,1-4H3. The summed E-state index contributed by atoms with van der Waals surface area (Å²) in [5.74, 6) is 0. The Kier molecular flexibility index (Phi) is 5.73. The Bertz CT molecular complexity index is 461. The van der Waals surface area contributed by atoms with Crippen molar-refractivity contribution < 1.29 is 0 Å². The van der Waals surface area contributed by atoms with Gasteiger partial charge in [0, 0.05) is 34.8 Å². The highest BCUT2D eigenvalue weighted by molar-refractivity contribution is 9.10. The molecule has 0 aliphatic heterocycles. The van der Waals surface area contributed by atoms with Crippen LogP contribution in [-0.2, 0) is 6.54 Å². The molecule has 1 aliphatic rings. The Morgan fingerprint density at radius 2 is 2.00 bits per heavy atom. The van der Waals surface area contributed by atoms with Gasteiger partial charge in [0.05, 0.1) is 0 Å². The highest BCUT2D eigenvalue weighted by Crippen LogP contribution is 2.35. The molecule has 2 rings (SSSR count). The lowest BCUT2D eigenvalue weighted by Crippen LogP contribution is -2.36. The maximum absolute atomic E-state index is 3.63. The fourth-order valence-electron chi connectivity index (χ4n) is 2.55. The predicted octanol–water partition coefficient (Wildman–Crippen LogP) is 5.11. The van der Waals surface area contributed by atoms with Gasteiger partial charge in [-0.3, -0.25) is 0 Å². The number of anilines is 1. The number of benzene rings is 1. The molecular weight excluding hydrogens is 324 g/mol. The fraction of sp³-hybridized carbons (Fsp3) is 0.667. The second kappa shape index (κ2) is 7.15. The summed E-state index contributed by atoms with van der Waals surface area (Å²) in [6.45, 7) is 11.1. The van der Waals surface area contributed by atoms with Gasteiger partial charge < -0.3 is 10.2 Å². The molecule has 0 saturated heterocycles. The number of rotatable bonds is 7. The Morgan fingerprint density at radius 3 is 2.57 bits per heavy atom. The van der Waals surface area contributed by atoms with Crippen LogP contribution in [0, 0.1) is 0 Å². The summed E-state index contributed by atoms with van der Waals surface area (Å²) in [5.41, 5.74) is 2.97. The van der Waals surface area contributed by atoms with Crippen molar-refractivity contribution in [2.45, 2.75) is 71.5 Å². The molecule has 0 atom stereocenters. The van der Waals surface area contributed by atoms with Crippen LogP contribution >= 0.6 is 15.9 Å². The molecule has 0 amide bonds. The molecule has 0 radical (unpaired) electrons. The smallest absolute Gasteiger partial charge is 0.0415 e. The topological polar surface area (TPSA) is 15.3 Å². The quantitative estimate of drug-likeness (QED) is 0.733. The van der Waals surface area contributed by atoms with Crippen molar-refractivity contribution in [1.82, 2.24) is 5.32 Å². The van der Waals surface area contributed by atoms with Crippen molar-refractivity contribution in [3.05, 3.63) is 28.2 Å². The molecule has 3 heteroatoms. The Labute approximate surface area is 138 Å². The van der Waals surface area contributed by atoms with Gasteiger partial charge in [0.2, 0.25) is 0 Å². The first-order valence-electron chi connectivity index (χ1n) is 8.21. The summed E-state index contributed by atoms with van der Waals surface area (Å²) >= 11 is 3.62. The first-order valence-corrected chi connectivity index (χ1v) is 9.00. The molecule has 0 spiro atoms. The van der Waals surface area contributed by atoms with Gasteiger partial charge in [-0.2, -0.15) is 0 Å². The van der Waals surface area contributed by atoms with E-state index in [1.54, 1.807) is 0 Å². The summed E-state index contributed by atoms with van der Waals surface area (Å²) in [4.78, 5) is 2.63. The summed E-state index contributed by atoms with van der Waals surface area (Å²) in [7, 11) is 0. The van der Waals surface area contributed by atoms with Gasteiger partial charge in [-0.25, -0.2) is 0 Å². The summed E-state index contributed by atoms with van der Waals surface area (Å²) in [6, 6.07) is 7.51. The van der Waals surface area contributed by atoms with E-state index in [0.29, 0.717) is 0 Å². The minimum Gasteiger partial charge on any atom is -0.368 e.